The normalized spacial score (nSPS) is 12.6. The van der Waals surface area contributed by atoms with Crippen molar-refractivity contribution in [3.8, 4) is 5.75 Å². The lowest BCUT2D eigenvalue weighted by atomic mass is 10.3. The lowest BCUT2D eigenvalue weighted by Crippen LogP contribution is -2.30. The third-order valence-electron chi connectivity index (χ3n) is 2.55. The number of rotatable bonds is 9. The minimum absolute atomic E-state index is 0.0685. The van der Waals surface area contributed by atoms with E-state index in [2.05, 4.69) is 5.32 Å². The molecule has 8 nitrogen and oxygen atoms in total. The van der Waals surface area contributed by atoms with Gasteiger partial charge in [-0.15, -0.1) is 0 Å². The molecule has 0 saturated carbocycles. The quantitative estimate of drug-likeness (QED) is 0.333. The van der Waals surface area contributed by atoms with E-state index >= 15 is 0 Å². The van der Waals surface area contributed by atoms with Gasteiger partial charge >= 0.3 is 15.2 Å². The van der Waals surface area contributed by atoms with Crippen molar-refractivity contribution in [1.29, 1.82) is 0 Å². The van der Waals surface area contributed by atoms with Gasteiger partial charge in [-0.25, -0.2) is 0 Å². The Hall–Kier alpha value is -0.720. The zero-order chi connectivity index (χ0) is 15.9. The summed E-state index contributed by atoms with van der Waals surface area (Å²) in [4.78, 5) is 35.6. The van der Waals surface area contributed by atoms with Crippen LogP contribution in [0.3, 0.4) is 0 Å². The Balaban J connectivity index is 2.26. The molecule has 10 heteroatoms. The summed E-state index contributed by atoms with van der Waals surface area (Å²) in [6.45, 7) is 0.473. The second kappa shape index (κ2) is 8.06. The summed E-state index contributed by atoms with van der Waals surface area (Å²) >= 11 is 0. The summed E-state index contributed by atoms with van der Waals surface area (Å²) in [6, 6.07) is 9.13. The van der Waals surface area contributed by atoms with Crippen molar-refractivity contribution in [2.45, 2.75) is 18.4 Å². The van der Waals surface area contributed by atoms with Crippen molar-refractivity contribution >= 4 is 15.2 Å². The van der Waals surface area contributed by atoms with E-state index in [4.69, 9.17) is 24.3 Å². The number of hydrogen-bond donors (Lipinski definition) is 5. The number of nitrogens with one attached hydrogen (secondary N) is 1. The van der Waals surface area contributed by atoms with Crippen molar-refractivity contribution in [3.63, 3.8) is 0 Å². The van der Waals surface area contributed by atoms with E-state index in [-0.39, 0.29) is 6.54 Å². The van der Waals surface area contributed by atoms with Crippen molar-refractivity contribution < 1.29 is 33.4 Å². The Morgan fingerprint density at radius 2 is 1.57 bits per heavy atom. The van der Waals surface area contributed by atoms with Gasteiger partial charge in [-0.05, 0) is 31.5 Å². The highest BCUT2D eigenvalue weighted by Gasteiger charge is 2.42. The first-order chi connectivity index (χ1) is 9.71. The molecule has 5 N–H and O–H groups in total. The number of benzene rings is 1. The fraction of sp³-hybridized carbons (Fsp3) is 0.455. The molecule has 0 amide bonds. The van der Waals surface area contributed by atoms with Gasteiger partial charge in [0, 0.05) is 0 Å². The molecule has 0 aromatic heterocycles. The van der Waals surface area contributed by atoms with E-state index in [1.807, 2.05) is 18.2 Å². The third kappa shape index (κ3) is 7.20. The van der Waals surface area contributed by atoms with Crippen LogP contribution < -0.4 is 10.1 Å². The molecule has 0 spiro atoms. The molecule has 1 rings (SSSR count). The standard InChI is InChI=1S/C11H19NO7P2/c13-20(14,15)11(21(16,17)18)12-8-4-5-9-19-10-6-2-1-3-7-10/h1-3,6-7,11-12H,4-5,8-9H2,(H2,13,14,15)(H2,16,17,18). The van der Waals surface area contributed by atoms with Crippen molar-refractivity contribution in [3.05, 3.63) is 30.3 Å². The van der Waals surface area contributed by atoms with Crippen LogP contribution in [0.1, 0.15) is 12.8 Å². The van der Waals surface area contributed by atoms with Crippen molar-refractivity contribution in [1.82, 2.24) is 5.32 Å². The maximum absolute atomic E-state index is 11.0. The van der Waals surface area contributed by atoms with Crippen molar-refractivity contribution in [2.75, 3.05) is 13.2 Å². The summed E-state index contributed by atoms with van der Waals surface area (Å²) in [7, 11) is -9.81. The van der Waals surface area contributed by atoms with E-state index in [9.17, 15) is 9.13 Å². The Labute approximate surface area is 122 Å². The molecule has 21 heavy (non-hydrogen) atoms. The maximum Gasteiger partial charge on any atom is 0.354 e. The second-order valence-corrected chi connectivity index (χ2v) is 8.17. The molecule has 0 atom stereocenters. The highest BCUT2D eigenvalue weighted by Crippen LogP contribution is 2.58. The number of hydrogen-bond acceptors (Lipinski definition) is 4. The van der Waals surface area contributed by atoms with Gasteiger partial charge in [-0.1, -0.05) is 18.2 Å². The lowest BCUT2D eigenvalue weighted by molar-refractivity contribution is 0.303. The van der Waals surface area contributed by atoms with Crippen LogP contribution in [0.25, 0.3) is 0 Å². The molecule has 0 aliphatic heterocycles. The largest absolute Gasteiger partial charge is 0.494 e. The Bertz CT molecular complexity index is 491. The van der Waals surface area contributed by atoms with Crippen LogP contribution >= 0.6 is 15.2 Å². The first-order valence-electron chi connectivity index (χ1n) is 6.23. The van der Waals surface area contributed by atoms with Gasteiger partial charge in [0.2, 0.25) is 5.52 Å². The van der Waals surface area contributed by atoms with Gasteiger partial charge < -0.3 is 24.3 Å². The molecule has 120 valence electrons. The van der Waals surface area contributed by atoms with Crippen LogP contribution in [0.4, 0.5) is 0 Å². The van der Waals surface area contributed by atoms with Gasteiger partial charge in [0.15, 0.2) is 0 Å². The second-order valence-electron chi connectivity index (χ2n) is 4.37. The predicted molar refractivity (Wildman–Crippen MR) is 77.0 cm³/mol. The van der Waals surface area contributed by atoms with Gasteiger partial charge in [0.1, 0.15) is 5.75 Å². The van der Waals surface area contributed by atoms with Crippen LogP contribution in [-0.2, 0) is 9.13 Å². The Morgan fingerprint density at radius 1 is 1.00 bits per heavy atom. The summed E-state index contributed by atoms with van der Waals surface area (Å²) in [5.41, 5.74) is -2.15. The molecule has 0 bridgehead atoms. The Kier molecular flexibility index (Phi) is 7.03. The molecular formula is C11H19NO7P2. The van der Waals surface area contributed by atoms with Gasteiger partial charge in [0.05, 0.1) is 6.61 Å². The lowest BCUT2D eigenvalue weighted by Gasteiger charge is -2.20. The van der Waals surface area contributed by atoms with E-state index in [0.717, 1.165) is 0 Å². The molecule has 1 aromatic rings. The van der Waals surface area contributed by atoms with Crippen LogP contribution in [0.15, 0.2) is 30.3 Å². The molecule has 0 heterocycles. The van der Waals surface area contributed by atoms with E-state index in [1.54, 1.807) is 12.1 Å². The fourth-order valence-corrected chi connectivity index (χ4v) is 3.90. The molecule has 0 aliphatic carbocycles. The molecule has 0 saturated heterocycles. The van der Waals surface area contributed by atoms with Crippen molar-refractivity contribution in [2.24, 2.45) is 0 Å². The average molecular weight is 339 g/mol. The van der Waals surface area contributed by atoms with Crippen LogP contribution in [0, 0.1) is 0 Å². The number of unbranched alkanes of at least 4 members (excludes halogenated alkanes) is 1. The smallest absolute Gasteiger partial charge is 0.354 e. The highest BCUT2D eigenvalue weighted by molar-refractivity contribution is 7.70. The summed E-state index contributed by atoms with van der Waals surface area (Å²) in [5, 5.41) is 2.22. The third-order valence-corrected chi connectivity index (χ3v) is 5.99. The Morgan fingerprint density at radius 3 is 2.10 bits per heavy atom. The van der Waals surface area contributed by atoms with E-state index in [1.165, 1.54) is 0 Å². The SMILES string of the molecule is O=P(O)(O)C(NCCCCOc1ccccc1)P(=O)(O)O. The maximum atomic E-state index is 11.0. The van der Waals surface area contributed by atoms with Gasteiger partial charge in [-0.2, -0.15) is 0 Å². The molecule has 0 radical (unpaired) electrons. The molecular weight excluding hydrogens is 320 g/mol. The minimum Gasteiger partial charge on any atom is -0.494 e. The number of ether oxygens (including phenoxy) is 1. The first kappa shape index (κ1) is 18.3. The topological polar surface area (TPSA) is 136 Å². The number of para-hydroxylation sites is 1. The van der Waals surface area contributed by atoms with E-state index < -0.39 is 20.7 Å². The fourth-order valence-electron chi connectivity index (χ4n) is 1.60. The molecule has 0 fully saturated rings. The van der Waals surface area contributed by atoms with Crippen LogP contribution in [0.2, 0.25) is 0 Å². The molecule has 0 aliphatic rings. The van der Waals surface area contributed by atoms with Gasteiger partial charge in [-0.3, -0.25) is 14.4 Å². The molecule has 1 aromatic carbocycles. The van der Waals surface area contributed by atoms with Crippen LogP contribution in [0.5, 0.6) is 5.75 Å². The summed E-state index contributed by atoms with van der Waals surface area (Å²) in [6.07, 6.45) is 1.04. The van der Waals surface area contributed by atoms with E-state index in [0.29, 0.717) is 25.2 Å². The van der Waals surface area contributed by atoms with Crippen LogP contribution in [-0.4, -0.2) is 38.2 Å². The predicted octanol–water partition coefficient (Wildman–Crippen LogP) is 1.07. The zero-order valence-electron chi connectivity index (χ0n) is 11.2. The summed E-state index contributed by atoms with van der Waals surface area (Å²) < 4.78 is 27.4. The summed E-state index contributed by atoms with van der Waals surface area (Å²) in [5.74, 6) is 0.716. The van der Waals surface area contributed by atoms with Gasteiger partial charge in [0.25, 0.3) is 0 Å². The first-order valence-corrected chi connectivity index (χ1v) is 9.59. The average Bonchev–Trinajstić information content (AvgIpc) is 2.35. The zero-order valence-corrected chi connectivity index (χ0v) is 13.0. The minimum atomic E-state index is -4.91. The molecule has 0 unspecified atom stereocenters. The monoisotopic (exact) mass is 339 g/mol. The highest BCUT2D eigenvalue weighted by atomic mass is 31.2.